The molecule has 0 aromatic heterocycles. The largest absolute Gasteiger partial charge is 0.492 e. The van der Waals surface area contributed by atoms with Gasteiger partial charge in [0.05, 0.1) is 37.8 Å². The number of carbonyl (C=O) groups excluding carboxylic acids is 2. The lowest BCUT2D eigenvalue weighted by molar-refractivity contribution is -0.632. The molecule has 0 spiro atoms. The lowest BCUT2D eigenvalue weighted by atomic mass is 10.2. The number of rotatable bonds is 10. The maximum Gasteiger partial charge on any atom is 0.279 e. The van der Waals surface area contributed by atoms with Gasteiger partial charge in [0.2, 0.25) is 0 Å². The van der Waals surface area contributed by atoms with E-state index in [4.69, 9.17) is 14.2 Å². The Morgan fingerprint density at radius 3 is 2.36 bits per heavy atom. The van der Waals surface area contributed by atoms with Crippen molar-refractivity contribution < 1.29 is 29.1 Å². The Balaban J connectivity index is 2.18. The zero-order valence-electron chi connectivity index (χ0n) is 16.9. The Labute approximate surface area is 165 Å². The van der Waals surface area contributed by atoms with Crippen molar-refractivity contribution in [3.8, 4) is 11.5 Å². The molecule has 1 heterocycles. The number of ether oxygens (including phenoxy) is 3. The third kappa shape index (κ3) is 6.28. The maximum absolute atomic E-state index is 12.3. The number of hydrogen-bond acceptors (Lipinski definition) is 6. The zero-order chi connectivity index (χ0) is 20.4. The number of hydrogen-bond donors (Lipinski definition) is 3. The highest BCUT2D eigenvalue weighted by Gasteiger charge is 2.20. The molecule has 0 unspecified atom stereocenters. The summed E-state index contributed by atoms with van der Waals surface area (Å²) in [6.45, 7) is 8.00. The minimum Gasteiger partial charge on any atom is -0.492 e. The first-order valence-corrected chi connectivity index (χ1v) is 9.67. The Hall–Kier alpha value is -2.52. The number of quaternary nitrogens is 1. The van der Waals surface area contributed by atoms with Crippen LogP contribution in [0.25, 0.3) is 0 Å². The molecular weight excluding hydrogens is 364 g/mol. The molecule has 1 aliphatic heterocycles. The number of carbonyl (C=O) groups is 2. The van der Waals surface area contributed by atoms with E-state index in [-0.39, 0.29) is 24.9 Å². The van der Waals surface area contributed by atoms with Gasteiger partial charge in [-0.2, -0.15) is 0 Å². The van der Waals surface area contributed by atoms with E-state index >= 15 is 0 Å². The summed E-state index contributed by atoms with van der Waals surface area (Å²) < 4.78 is 17.0. The maximum atomic E-state index is 12.3. The Bertz CT molecular complexity index is 662. The second kappa shape index (κ2) is 11.4. The number of likely N-dealkylation sites (N-methyl/N-ethyl adjacent to an activating group) is 1. The number of morpholine rings is 1. The molecule has 9 nitrogen and oxygen atoms in total. The third-order valence-electron chi connectivity index (χ3n) is 4.22. The number of nitrogens with two attached hydrogens (primary N) is 1. The number of nitrogens with zero attached hydrogens (tertiary/aromatic N) is 1. The van der Waals surface area contributed by atoms with E-state index in [1.165, 1.54) is 0 Å². The van der Waals surface area contributed by atoms with Crippen molar-refractivity contribution in [2.45, 2.75) is 13.8 Å². The van der Waals surface area contributed by atoms with Gasteiger partial charge in [0.25, 0.3) is 11.8 Å². The van der Waals surface area contributed by atoms with Crippen molar-refractivity contribution in [1.82, 2.24) is 5.32 Å². The fraction of sp³-hybridized carbons (Fsp3) is 0.579. The van der Waals surface area contributed by atoms with Crippen LogP contribution in [0.5, 0.6) is 11.5 Å². The van der Waals surface area contributed by atoms with E-state index in [1.807, 2.05) is 19.9 Å². The highest BCUT2D eigenvalue weighted by atomic mass is 16.5. The lowest BCUT2D eigenvalue weighted by Crippen LogP contribution is -2.88. The lowest BCUT2D eigenvalue weighted by Gasteiger charge is -2.31. The van der Waals surface area contributed by atoms with Crippen LogP contribution in [0.2, 0.25) is 0 Å². The van der Waals surface area contributed by atoms with Gasteiger partial charge >= 0.3 is 0 Å². The quantitative estimate of drug-likeness (QED) is 0.496. The molecule has 4 N–H and O–H groups in total. The molecule has 1 aliphatic rings. The highest BCUT2D eigenvalue weighted by Crippen LogP contribution is 2.39. The monoisotopic (exact) mass is 395 g/mol. The van der Waals surface area contributed by atoms with Crippen molar-refractivity contribution in [3.05, 3.63) is 12.1 Å². The molecule has 0 aliphatic carbocycles. The predicted molar refractivity (Wildman–Crippen MR) is 106 cm³/mol. The normalized spacial score (nSPS) is 13.8. The minimum absolute atomic E-state index is 0.128. The van der Waals surface area contributed by atoms with Crippen molar-refractivity contribution in [3.63, 3.8) is 0 Å². The summed E-state index contributed by atoms with van der Waals surface area (Å²) >= 11 is 0. The third-order valence-corrected chi connectivity index (χ3v) is 4.22. The molecule has 2 rings (SSSR count). The first-order chi connectivity index (χ1) is 13.6. The topological polar surface area (TPSA) is 106 Å². The van der Waals surface area contributed by atoms with Crippen LogP contribution in [0.15, 0.2) is 12.1 Å². The molecule has 2 amide bonds. The molecule has 0 radical (unpaired) electrons. The Morgan fingerprint density at radius 1 is 1.07 bits per heavy atom. The van der Waals surface area contributed by atoms with Crippen LogP contribution in [-0.4, -0.2) is 71.5 Å². The summed E-state index contributed by atoms with van der Waals surface area (Å²) in [6, 6.07) is 3.71. The van der Waals surface area contributed by atoms with Gasteiger partial charge in [-0.3, -0.25) is 9.59 Å². The van der Waals surface area contributed by atoms with E-state index in [2.05, 4.69) is 15.5 Å². The first kappa shape index (κ1) is 21.8. The summed E-state index contributed by atoms with van der Waals surface area (Å²) in [7, 11) is 1.57. The molecule has 9 heteroatoms. The van der Waals surface area contributed by atoms with Crippen LogP contribution >= 0.6 is 0 Å². The first-order valence-electron chi connectivity index (χ1n) is 9.67. The molecule has 0 bridgehead atoms. The predicted octanol–water partition coefficient (Wildman–Crippen LogP) is -0.431. The molecular formula is C19H31N4O5+. The number of nitrogens with one attached hydrogen (secondary N) is 2. The molecule has 156 valence electrons. The summed E-state index contributed by atoms with van der Waals surface area (Å²) in [4.78, 5) is 25.8. The van der Waals surface area contributed by atoms with Crippen LogP contribution in [0.3, 0.4) is 0 Å². The van der Waals surface area contributed by atoms with Gasteiger partial charge in [-0.15, -0.1) is 0 Å². The van der Waals surface area contributed by atoms with E-state index in [0.717, 1.165) is 18.8 Å². The summed E-state index contributed by atoms with van der Waals surface area (Å²) in [5.74, 6) is 0.937. The molecule has 0 saturated carbocycles. The van der Waals surface area contributed by atoms with Gasteiger partial charge in [0, 0.05) is 32.3 Å². The number of amides is 2. The fourth-order valence-corrected chi connectivity index (χ4v) is 2.88. The minimum atomic E-state index is -0.216. The van der Waals surface area contributed by atoms with Crippen molar-refractivity contribution in [1.29, 1.82) is 0 Å². The van der Waals surface area contributed by atoms with Gasteiger partial charge in [0.1, 0.15) is 11.5 Å². The molecule has 1 aromatic carbocycles. The Kier molecular flexibility index (Phi) is 8.83. The van der Waals surface area contributed by atoms with E-state index < -0.39 is 0 Å². The van der Waals surface area contributed by atoms with E-state index in [0.29, 0.717) is 43.6 Å². The van der Waals surface area contributed by atoms with Gasteiger partial charge in [-0.05, 0) is 13.8 Å². The number of benzene rings is 1. The average Bonchev–Trinajstić information content (AvgIpc) is 2.70. The molecule has 0 atom stereocenters. The van der Waals surface area contributed by atoms with Gasteiger partial charge in [-0.1, -0.05) is 0 Å². The smallest absolute Gasteiger partial charge is 0.279 e. The van der Waals surface area contributed by atoms with Gasteiger partial charge < -0.3 is 35.1 Å². The van der Waals surface area contributed by atoms with E-state index in [9.17, 15) is 9.59 Å². The van der Waals surface area contributed by atoms with Crippen LogP contribution < -0.4 is 30.3 Å². The van der Waals surface area contributed by atoms with E-state index in [1.54, 1.807) is 18.4 Å². The fourth-order valence-electron chi connectivity index (χ4n) is 2.88. The van der Waals surface area contributed by atoms with Crippen LogP contribution in [0.1, 0.15) is 13.8 Å². The van der Waals surface area contributed by atoms with Crippen molar-refractivity contribution in [2.75, 3.05) is 69.9 Å². The Morgan fingerprint density at radius 2 is 1.71 bits per heavy atom. The molecule has 1 fully saturated rings. The molecule has 28 heavy (non-hydrogen) atoms. The van der Waals surface area contributed by atoms with Gasteiger partial charge in [0.15, 0.2) is 13.1 Å². The van der Waals surface area contributed by atoms with Gasteiger partial charge in [-0.25, -0.2) is 0 Å². The standard InChI is InChI=1S/C19H30N4O5/c1-4-27-16-11-15(23-6-8-26-9-7-23)17(28-5-2)10-14(16)22-19(25)13-21-12-18(24)20-3/h10-11,21H,4-9,12-13H2,1-3H3,(H,20,24)(H,22,25)/p+1. The van der Waals surface area contributed by atoms with Crippen molar-refractivity contribution >= 4 is 23.2 Å². The molecule has 1 aromatic rings. The van der Waals surface area contributed by atoms with Crippen LogP contribution in [-0.2, 0) is 14.3 Å². The average molecular weight is 395 g/mol. The SMILES string of the molecule is CCOc1cc(N2CCOCC2)c(OCC)cc1NC(=O)C[NH2+]CC(=O)NC. The second-order valence-electron chi connectivity index (χ2n) is 6.20. The summed E-state index contributed by atoms with van der Waals surface area (Å²) in [6.07, 6.45) is 0. The van der Waals surface area contributed by atoms with Crippen molar-refractivity contribution in [2.24, 2.45) is 0 Å². The molecule has 1 saturated heterocycles. The summed E-state index contributed by atoms with van der Waals surface area (Å²) in [5.41, 5.74) is 1.48. The second-order valence-corrected chi connectivity index (χ2v) is 6.20. The van der Waals surface area contributed by atoms with Crippen LogP contribution in [0.4, 0.5) is 11.4 Å². The zero-order valence-corrected chi connectivity index (χ0v) is 16.9. The highest BCUT2D eigenvalue weighted by molar-refractivity contribution is 5.94. The number of anilines is 2. The van der Waals surface area contributed by atoms with Crippen LogP contribution in [0, 0.1) is 0 Å². The summed E-state index contributed by atoms with van der Waals surface area (Å²) in [5, 5.41) is 7.03.